The number of hydrogen-bond donors (Lipinski definition) is 1. The van der Waals surface area contributed by atoms with Gasteiger partial charge in [0.1, 0.15) is 0 Å². The zero-order valence-corrected chi connectivity index (χ0v) is 14.0. The Morgan fingerprint density at radius 3 is 2.35 bits per heavy atom. The molecule has 1 N–H and O–H groups in total. The molecule has 0 spiro atoms. The fourth-order valence-electron chi connectivity index (χ4n) is 4.76. The second kappa shape index (κ2) is 5.28. The number of piperazine rings is 1. The molecule has 2 heteroatoms. The summed E-state index contributed by atoms with van der Waals surface area (Å²) >= 11 is 0. The second-order valence-corrected chi connectivity index (χ2v) is 8.81. The minimum atomic E-state index is 0.389. The van der Waals surface area contributed by atoms with Gasteiger partial charge in [-0.1, -0.05) is 33.6 Å². The Kier molecular flexibility index (Phi) is 3.92. The molecule has 116 valence electrons. The molecule has 20 heavy (non-hydrogen) atoms. The molecule has 0 radical (unpaired) electrons. The molecule has 2 nitrogen and oxygen atoms in total. The number of nitrogens with one attached hydrogen (secondary N) is 1. The lowest BCUT2D eigenvalue weighted by Crippen LogP contribution is -2.66. The van der Waals surface area contributed by atoms with Gasteiger partial charge in [0, 0.05) is 31.2 Å². The van der Waals surface area contributed by atoms with Crippen molar-refractivity contribution in [3.05, 3.63) is 0 Å². The third-order valence-corrected chi connectivity index (χ3v) is 6.36. The summed E-state index contributed by atoms with van der Waals surface area (Å²) in [6.45, 7) is 13.6. The Labute approximate surface area is 125 Å². The van der Waals surface area contributed by atoms with Gasteiger partial charge in [0.05, 0.1) is 0 Å². The highest BCUT2D eigenvalue weighted by Crippen LogP contribution is 2.44. The van der Waals surface area contributed by atoms with E-state index < -0.39 is 0 Å². The van der Waals surface area contributed by atoms with E-state index in [1.54, 1.807) is 0 Å². The van der Waals surface area contributed by atoms with Crippen LogP contribution in [0.15, 0.2) is 0 Å². The van der Waals surface area contributed by atoms with E-state index >= 15 is 0 Å². The fraction of sp³-hybridized carbons (Fsp3) is 1.00. The highest BCUT2D eigenvalue weighted by Gasteiger charge is 2.47. The molecule has 0 aromatic heterocycles. The Bertz CT molecular complexity index is 339. The van der Waals surface area contributed by atoms with Crippen LogP contribution in [0.1, 0.15) is 66.2 Å². The molecule has 1 saturated heterocycles. The van der Waals surface area contributed by atoms with Crippen molar-refractivity contribution in [2.45, 2.75) is 77.8 Å². The number of nitrogens with zero attached hydrogens (tertiary/aromatic N) is 1. The molecule has 2 unspecified atom stereocenters. The molecule has 3 aliphatic rings. The summed E-state index contributed by atoms with van der Waals surface area (Å²) < 4.78 is 0. The lowest BCUT2D eigenvalue weighted by molar-refractivity contribution is 0.0222. The first-order valence-electron chi connectivity index (χ1n) is 8.91. The standard InChI is InChI=1S/C18H34N2/c1-14(2)16-11-19-18(4,15-7-8-15)13-20(16)12-17(3)9-5-6-10-17/h14-16,19H,5-13H2,1-4H3. The first-order valence-corrected chi connectivity index (χ1v) is 8.91. The van der Waals surface area contributed by atoms with Crippen LogP contribution in [-0.4, -0.2) is 36.1 Å². The predicted octanol–water partition coefficient (Wildman–Crippen LogP) is 3.67. The largest absolute Gasteiger partial charge is 0.308 e. The van der Waals surface area contributed by atoms with E-state index in [4.69, 9.17) is 0 Å². The summed E-state index contributed by atoms with van der Waals surface area (Å²) in [4.78, 5) is 2.87. The SMILES string of the molecule is CC(C)C1CNC(C)(C2CC2)CN1CC1(C)CCCC1. The van der Waals surface area contributed by atoms with E-state index in [0.29, 0.717) is 11.0 Å². The van der Waals surface area contributed by atoms with Crippen molar-refractivity contribution in [1.29, 1.82) is 0 Å². The van der Waals surface area contributed by atoms with Crippen LogP contribution in [0.2, 0.25) is 0 Å². The highest BCUT2D eigenvalue weighted by atomic mass is 15.3. The van der Waals surface area contributed by atoms with Crippen LogP contribution in [0.5, 0.6) is 0 Å². The molecule has 0 aromatic carbocycles. The van der Waals surface area contributed by atoms with Crippen LogP contribution in [0.3, 0.4) is 0 Å². The van der Waals surface area contributed by atoms with E-state index in [1.165, 1.54) is 58.2 Å². The molecular weight excluding hydrogens is 244 g/mol. The molecule has 2 aliphatic carbocycles. The van der Waals surface area contributed by atoms with Crippen LogP contribution in [0.4, 0.5) is 0 Å². The van der Waals surface area contributed by atoms with Crippen LogP contribution in [0.25, 0.3) is 0 Å². The molecule has 3 rings (SSSR count). The molecule has 0 aromatic rings. The van der Waals surface area contributed by atoms with Crippen molar-refractivity contribution in [2.75, 3.05) is 19.6 Å². The lowest BCUT2D eigenvalue weighted by Gasteiger charge is -2.50. The van der Waals surface area contributed by atoms with E-state index in [9.17, 15) is 0 Å². The fourth-order valence-corrected chi connectivity index (χ4v) is 4.76. The molecule has 1 aliphatic heterocycles. The molecule has 3 fully saturated rings. The van der Waals surface area contributed by atoms with Crippen LogP contribution >= 0.6 is 0 Å². The van der Waals surface area contributed by atoms with E-state index in [0.717, 1.165) is 17.9 Å². The zero-order chi connectivity index (χ0) is 14.4. The Balaban J connectivity index is 1.71. The van der Waals surface area contributed by atoms with Crippen LogP contribution < -0.4 is 5.32 Å². The Morgan fingerprint density at radius 2 is 1.80 bits per heavy atom. The van der Waals surface area contributed by atoms with Gasteiger partial charge in [0.25, 0.3) is 0 Å². The summed E-state index contributed by atoms with van der Waals surface area (Å²) in [5, 5.41) is 3.91. The van der Waals surface area contributed by atoms with Crippen LogP contribution in [-0.2, 0) is 0 Å². The average molecular weight is 278 g/mol. The molecule has 2 saturated carbocycles. The van der Waals surface area contributed by atoms with Crippen molar-refractivity contribution in [3.8, 4) is 0 Å². The summed E-state index contributed by atoms with van der Waals surface area (Å²) in [7, 11) is 0. The van der Waals surface area contributed by atoms with Gasteiger partial charge in [-0.2, -0.15) is 0 Å². The molecule has 0 bridgehead atoms. The highest BCUT2D eigenvalue weighted by molar-refractivity contribution is 5.05. The maximum absolute atomic E-state index is 3.91. The van der Waals surface area contributed by atoms with E-state index in [-0.39, 0.29) is 0 Å². The van der Waals surface area contributed by atoms with Crippen LogP contribution in [0, 0.1) is 17.3 Å². The van der Waals surface area contributed by atoms with Gasteiger partial charge < -0.3 is 5.32 Å². The van der Waals surface area contributed by atoms with Gasteiger partial charge in [-0.15, -0.1) is 0 Å². The molecule has 0 amide bonds. The summed E-state index contributed by atoms with van der Waals surface area (Å²) in [6, 6.07) is 0.735. The zero-order valence-electron chi connectivity index (χ0n) is 14.0. The monoisotopic (exact) mass is 278 g/mol. The summed E-state index contributed by atoms with van der Waals surface area (Å²) in [6.07, 6.45) is 8.69. The maximum Gasteiger partial charge on any atom is 0.0309 e. The Morgan fingerprint density at radius 1 is 1.15 bits per heavy atom. The quantitative estimate of drug-likeness (QED) is 0.844. The smallest absolute Gasteiger partial charge is 0.0309 e. The van der Waals surface area contributed by atoms with Crippen molar-refractivity contribution in [2.24, 2.45) is 17.3 Å². The van der Waals surface area contributed by atoms with Crippen molar-refractivity contribution >= 4 is 0 Å². The third-order valence-electron chi connectivity index (χ3n) is 6.36. The van der Waals surface area contributed by atoms with Crippen molar-refractivity contribution in [3.63, 3.8) is 0 Å². The number of hydrogen-bond acceptors (Lipinski definition) is 2. The first kappa shape index (κ1) is 14.8. The van der Waals surface area contributed by atoms with Gasteiger partial charge >= 0.3 is 0 Å². The number of rotatable bonds is 4. The predicted molar refractivity (Wildman–Crippen MR) is 85.9 cm³/mol. The van der Waals surface area contributed by atoms with Gasteiger partial charge in [-0.3, -0.25) is 4.90 Å². The second-order valence-electron chi connectivity index (χ2n) is 8.81. The van der Waals surface area contributed by atoms with Crippen molar-refractivity contribution < 1.29 is 0 Å². The summed E-state index contributed by atoms with van der Waals surface area (Å²) in [5.41, 5.74) is 0.981. The minimum Gasteiger partial charge on any atom is -0.308 e. The molecular formula is C18H34N2. The third kappa shape index (κ3) is 2.92. The lowest BCUT2D eigenvalue weighted by atomic mass is 9.83. The minimum absolute atomic E-state index is 0.389. The van der Waals surface area contributed by atoms with Gasteiger partial charge in [-0.05, 0) is 49.9 Å². The van der Waals surface area contributed by atoms with Crippen molar-refractivity contribution in [1.82, 2.24) is 10.2 Å². The first-order chi connectivity index (χ1) is 9.42. The molecule has 1 heterocycles. The van der Waals surface area contributed by atoms with Gasteiger partial charge in [0.15, 0.2) is 0 Å². The average Bonchev–Trinajstić information content (AvgIpc) is 3.14. The summed E-state index contributed by atoms with van der Waals surface area (Å²) in [5.74, 6) is 1.70. The normalized spacial score (nSPS) is 38.5. The maximum atomic E-state index is 3.91. The molecule has 2 atom stereocenters. The van der Waals surface area contributed by atoms with Gasteiger partial charge in [0.2, 0.25) is 0 Å². The Hall–Kier alpha value is -0.0800. The van der Waals surface area contributed by atoms with E-state index in [2.05, 4.69) is 37.9 Å². The van der Waals surface area contributed by atoms with E-state index in [1.807, 2.05) is 0 Å². The topological polar surface area (TPSA) is 15.3 Å². The van der Waals surface area contributed by atoms with Gasteiger partial charge in [-0.25, -0.2) is 0 Å².